The molecule has 0 amide bonds. The number of anilines is 1. The predicted octanol–water partition coefficient (Wildman–Crippen LogP) is 4.15. The van der Waals surface area contributed by atoms with E-state index in [9.17, 15) is 12.3 Å². The van der Waals surface area contributed by atoms with E-state index in [4.69, 9.17) is 17.3 Å². The Kier molecular flexibility index (Phi) is 5.42. The molecule has 22 heavy (non-hydrogen) atoms. The lowest BCUT2D eigenvalue weighted by atomic mass is 10.0. The summed E-state index contributed by atoms with van der Waals surface area (Å²) >= 11 is 6.11. The van der Waals surface area contributed by atoms with Crippen molar-refractivity contribution in [3.63, 3.8) is 0 Å². The summed E-state index contributed by atoms with van der Waals surface area (Å²) in [4.78, 5) is -0.286. The van der Waals surface area contributed by atoms with Gasteiger partial charge < -0.3 is 5.73 Å². The standard InChI is InChI=1S/C16H17ClFNO2S/c17-16-11-14(19)9-8-13(16)6-2-1-4-12-5-3-7-15(10-12)22(18,20)21/h3,5,7-11H,1-2,4,6,19H2. The Morgan fingerprint density at radius 3 is 2.45 bits per heavy atom. The Hall–Kier alpha value is -1.59. The third kappa shape index (κ3) is 4.71. The number of aryl methyl sites for hydroxylation is 2. The quantitative estimate of drug-likeness (QED) is 0.488. The highest BCUT2D eigenvalue weighted by Crippen LogP contribution is 2.21. The van der Waals surface area contributed by atoms with Gasteiger partial charge in [-0.1, -0.05) is 29.8 Å². The second-order valence-electron chi connectivity index (χ2n) is 5.14. The minimum Gasteiger partial charge on any atom is -0.399 e. The fourth-order valence-corrected chi connectivity index (χ4v) is 3.08. The highest BCUT2D eigenvalue weighted by atomic mass is 35.5. The molecule has 0 heterocycles. The maximum Gasteiger partial charge on any atom is 0.332 e. The third-order valence-electron chi connectivity index (χ3n) is 3.42. The lowest BCUT2D eigenvalue weighted by molar-refractivity contribution is 0.552. The van der Waals surface area contributed by atoms with E-state index in [1.807, 2.05) is 12.1 Å². The molecule has 0 radical (unpaired) electrons. The van der Waals surface area contributed by atoms with Gasteiger partial charge in [0.25, 0.3) is 0 Å². The van der Waals surface area contributed by atoms with Crippen molar-refractivity contribution >= 4 is 27.5 Å². The van der Waals surface area contributed by atoms with Crippen LogP contribution in [0.15, 0.2) is 47.4 Å². The summed E-state index contributed by atoms with van der Waals surface area (Å²) in [5, 5.41) is 0.658. The fraction of sp³-hybridized carbons (Fsp3) is 0.250. The lowest BCUT2D eigenvalue weighted by Crippen LogP contribution is -1.95. The highest BCUT2D eigenvalue weighted by molar-refractivity contribution is 7.86. The lowest BCUT2D eigenvalue weighted by Gasteiger charge is -2.06. The largest absolute Gasteiger partial charge is 0.399 e. The van der Waals surface area contributed by atoms with Crippen LogP contribution in [0.3, 0.4) is 0 Å². The normalized spacial score (nSPS) is 11.5. The van der Waals surface area contributed by atoms with Crippen molar-refractivity contribution in [1.82, 2.24) is 0 Å². The van der Waals surface area contributed by atoms with Crippen molar-refractivity contribution in [2.45, 2.75) is 30.6 Å². The van der Waals surface area contributed by atoms with Gasteiger partial charge in [-0.05, 0) is 61.1 Å². The number of hydrogen-bond acceptors (Lipinski definition) is 3. The maximum absolute atomic E-state index is 12.9. The molecule has 0 aliphatic heterocycles. The van der Waals surface area contributed by atoms with E-state index in [-0.39, 0.29) is 4.90 Å². The van der Waals surface area contributed by atoms with E-state index < -0.39 is 10.2 Å². The summed E-state index contributed by atoms with van der Waals surface area (Å²) in [7, 11) is -4.64. The molecule has 0 bridgehead atoms. The number of hydrogen-bond donors (Lipinski definition) is 1. The fourth-order valence-electron chi connectivity index (χ4n) is 2.26. The molecule has 0 fully saturated rings. The minimum absolute atomic E-state index is 0.286. The van der Waals surface area contributed by atoms with E-state index in [0.29, 0.717) is 17.1 Å². The van der Waals surface area contributed by atoms with Crippen molar-refractivity contribution in [3.05, 3.63) is 58.6 Å². The first-order valence-corrected chi connectivity index (χ1v) is 8.70. The Balaban J connectivity index is 1.89. The summed E-state index contributed by atoms with van der Waals surface area (Å²) in [6.07, 6.45) is 3.27. The van der Waals surface area contributed by atoms with Crippen molar-refractivity contribution < 1.29 is 12.3 Å². The molecule has 2 aromatic rings. The van der Waals surface area contributed by atoms with Crippen LogP contribution in [0.5, 0.6) is 0 Å². The van der Waals surface area contributed by atoms with Crippen LogP contribution in [0, 0.1) is 0 Å². The third-order valence-corrected chi connectivity index (χ3v) is 4.59. The Bertz CT molecular complexity index is 762. The Morgan fingerprint density at radius 2 is 1.77 bits per heavy atom. The van der Waals surface area contributed by atoms with Gasteiger partial charge in [0.2, 0.25) is 0 Å². The molecule has 0 aliphatic carbocycles. The first-order valence-electron chi connectivity index (χ1n) is 6.94. The summed E-state index contributed by atoms with van der Waals surface area (Å²) in [5.74, 6) is 0. The molecular weight excluding hydrogens is 325 g/mol. The molecule has 118 valence electrons. The number of halogens is 2. The van der Waals surface area contributed by atoms with E-state index >= 15 is 0 Å². The molecule has 2 aromatic carbocycles. The second kappa shape index (κ2) is 7.11. The van der Waals surface area contributed by atoms with Crippen molar-refractivity contribution in [2.24, 2.45) is 0 Å². The average Bonchev–Trinajstić information content (AvgIpc) is 2.45. The van der Waals surface area contributed by atoms with Gasteiger partial charge in [-0.25, -0.2) is 0 Å². The minimum atomic E-state index is -4.64. The van der Waals surface area contributed by atoms with Crippen LogP contribution in [-0.4, -0.2) is 8.42 Å². The van der Waals surface area contributed by atoms with Crippen LogP contribution >= 0.6 is 11.6 Å². The average molecular weight is 342 g/mol. The molecule has 0 unspecified atom stereocenters. The SMILES string of the molecule is Nc1ccc(CCCCc2cccc(S(=O)(=O)F)c2)c(Cl)c1. The Labute approximate surface area is 135 Å². The summed E-state index contributed by atoms with van der Waals surface area (Å²) in [6, 6.07) is 11.4. The van der Waals surface area contributed by atoms with E-state index in [2.05, 4.69) is 0 Å². The Morgan fingerprint density at radius 1 is 1.05 bits per heavy atom. The van der Waals surface area contributed by atoms with Crippen molar-refractivity contribution in [3.8, 4) is 0 Å². The molecule has 2 rings (SSSR count). The van der Waals surface area contributed by atoms with Crippen LogP contribution in [0.2, 0.25) is 5.02 Å². The summed E-state index contributed by atoms with van der Waals surface area (Å²) in [6.45, 7) is 0. The van der Waals surface area contributed by atoms with Crippen LogP contribution in [0.4, 0.5) is 9.57 Å². The van der Waals surface area contributed by atoms with Gasteiger partial charge in [0.15, 0.2) is 0 Å². The molecule has 0 saturated carbocycles. The molecule has 0 spiro atoms. The zero-order valence-electron chi connectivity index (χ0n) is 11.9. The van der Waals surface area contributed by atoms with Gasteiger partial charge in [-0.2, -0.15) is 8.42 Å². The van der Waals surface area contributed by atoms with E-state index in [0.717, 1.165) is 30.4 Å². The van der Waals surface area contributed by atoms with Gasteiger partial charge in [0.1, 0.15) is 0 Å². The van der Waals surface area contributed by atoms with Crippen LogP contribution in [0.25, 0.3) is 0 Å². The number of nitrogen functional groups attached to an aromatic ring is 1. The topological polar surface area (TPSA) is 60.2 Å². The molecule has 0 atom stereocenters. The highest BCUT2D eigenvalue weighted by Gasteiger charge is 2.11. The van der Waals surface area contributed by atoms with Gasteiger partial charge >= 0.3 is 10.2 Å². The molecular formula is C16H17ClFNO2S. The molecule has 6 heteroatoms. The smallest absolute Gasteiger partial charge is 0.332 e. The first-order chi connectivity index (χ1) is 10.4. The van der Waals surface area contributed by atoms with Crippen LogP contribution in [0.1, 0.15) is 24.0 Å². The van der Waals surface area contributed by atoms with Crippen LogP contribution in [-0.2, 0) is 23.1 Å². The molecule has 0 aliphatic rings. The zero-order valence-corrected chi connectivity index (χ0v) is 13.5. The van der Waals surface area contributed by atoms with Gasteiger partial charge in [-0.3, -0.25) is 0 Å². The van der Waals surface area contributed by atoms with Gasteiger partial charge in [-0.15, -0.1) is 3.89 Å². The zero-order chi connectivity index (χ0) is 16.2. The first kappa shape index (κ1) is 16.8. The number of nitrogens with two attached hydrogens (primary N) is 1. The predicted molar refractivity (Wildman–Crippen MR) is 87.2 cm³/mol. The van der Waals surface area contributed by atoms with Gasteiger partial charge in [0.05, 0.1) is 4.90 Å². The monoisotopic (exact) mass is 341 g/mol. The van der Waals surface area contributed by atoms with E-state index in [1.54, 1.807) is 18.2 Å². The van der Waals surface area contributed by atoms with E-state index in [1.165, 1.54) is 12.1 Å². The molecule has 0 saturated heterocycles. The van der Waals surface area contributed by atoms with Gasteiger partial charge in [0, 0.05) is 10.7 Å². The second-order valence-corrected chi connectivity index (χ2v) is 6.90. The summed E-state index contributed by atoms with van der Waals surface area (Å²) < 4.78 is 34.7. The molecule has 3 nitrogen and oxygen atoms in total. The summed E-state index contributed by atoms with van der Waals surface area (Å²) in [5.41, 5.74) is 8.13. The number of rotatable bonds is 6. The molecule has 2 N–H and O–H groups in total. The van der Waals surface area contributed by atoms with Crippen molar-refractivity contribution in [1.29, 1.82) is 0 Å². The maximum atomic E-state index is 12.9. The molecule has 0 aromatic heterocycles. The number of benzene rings is 2. The number of unbranched alkanes of at least 4 members (excludes halogenated alkanes) is 1. The van der Waals surface area contributed by atoms with Crippen LogP contribution < -0.4 is 5.73 Å². The van der Waals surface area contributed by atoms with Crippen molar-refractivity contribution in [2.75, 3.05) is 5.73 Å².